The first kappa shape index (κ1) is 11.5. The van der Waals surface area contributed by atoms with Crippen LogP contribution in [0.15, 0.2) is 24.3 Å². The maximum atomic E-state index is 6.16. The molecule has 0 aliphatic carbocycles. The molecular formula is C12H18ClN. The number of hydrogen-bond acceptors (Lipinski definition) is 1. The van der Waals surface area contributed by atoms with Gasteiger partial charge in [-0.3, -0.25) is 0 Å². The Morgan fingerprint density at radius 1 is 1.36 bits per heavy atom. The van der Waals surface area contributed by atoms with E-state index < -0.39 is 0 Å². The van der Waals surface area contributed by atoms with Crippen molar-refractivity contribution in [3.8, 4) is 0 Å². The standard InChI is InChI=1S/C12H18ClN/c1-4-9(2)12(14-3)10-7-5-6-8-11(10)13/h5-9,12,14H,4H2,1-3H3. The summed E-state index contributed by atoms with van der Waals surface area (Å²) in [5.41, 5.74) is 1.20. The molecule has 0 saturated heterocycles. The number of rotatable bonds is 4. The molecule has 1 aromatic rings. The summed E-state index contributed by atoms with van der Waals surface area (Å²) in [6.07, 6.45) is 1.15. The van der Waals surface area contributed by atoms with E-state index in [0.29, 0.717) is 12.0 Å². The molecule has 1 N–H and O–H groups in total. The summed E-state index contributed by atoms with van der Waals surface area (Å²) in [5.74, 6) is 0.597. The van der Waals surface area contributed by atoms with Crippen molar-refractivity contribution in [1.29, 1.82) is 0 Å². The van der Waals surface area contributed by atoms with Gasteiger partial charge in [0.05, 0.1) is 0 Å². The highest BCUT2D eigenvalue weighted by Gasteiger charge is 2.17. The summed E-state index contributed by atoms with van der Waals surface area (Å²) in [7, 11) is 1.99. The van der Waals surface area contributed by atoms with Crippen molar-refractivity contribution >= 4 is 11.6 Å². The molecule has 0 fully saturated rings. The van der Waals surface area contributed by atoms with Crippen LogP contribution in [0.1, 0.15) is 31.9 Å². The van der Waals surface area contributed by atoms with E-state index in [0.717, 1.165) is 11.4 Å². The second-order valence-electron chi connectivity index (χ2n) is 3.67. The van der Waals surface area contributed by atoms with Crippen LogP contribution in [0, 0.1) is 5.92 Å². The van der Waals surface area contributed by atoms with Crippen molar-refractivity contribution < 1.29 is 0 Å². The predicted octanol–water partition coefficient (Wildman–Crippen LogP) is 3.65. The molecule has 1 rings (SSSR count). The zero-order valence-corrected chi connectivity index (χ0v) is 9.81. The third kappa shape index (κ3) is 2.49. The van der Waals surface area contributed by atoms with Gasteiger partial charge in [0, 0.05) is 11.1 Å². The van der Waals surface area contributed by atoms with Gasteiger partial charge < -0.3 is 5.32 Å². The van der Waals surface area contributed by atoms with Crippen LogP contribution in [-0.2, 0) is 0 Å². The van der Waals surface area contributed by atoms with Gasteiger partial charge in [-0.15, -0.1) is 0 Å². The van der Waals surface area contributed by atoms with Gasteiger partial charge in [0.2, 0.25) is 0 Å². The third-order valence-electron chi connectivity index (χ3n) is 2.76. The molecule has 78 valence electrons. The lowest BCUT2D eigenvalue weighted by Gasteiger charge is -2.23. The van der Waals surface area contributed by atoms with Gasteiger partial charge in [0.1, 0.15) is 0 Å². The quantitative estimate of drug-likeness (QED) is 0.802. The molecule has 0 amide bonds. The van der Waals surface area contributed by atoms with E-state index in [2.05, 4.69) is 25.2 Å². The Morgan fingerprint density at radius 2 is 2.00 bits per heavy atom. The molecule has 1 nitrogen and oxygen atoms in total. The van der Waals surface area contributed by atoms with Crippen LogP contribution in [-0.4, -0.2) is 7.05 Å². The Balaban J connectivity index is 2.94. The highest BCUT2D eigenvalue weighted by Crippen LogP contribution is 2.29. The first-order chi connectivity index (χ1) is 6.70. The Labute approximate surface area is 91.5 Å². The van der Waals surface area contributed by atoms with E-state index in [1.807, 2.05) is 25.2 Å². The van der Waals surface area contributed by atoms with Crippen LogP contribution in [0.3, 0.4) is 0 Å². The largest absolute Gasteiger partial charge is 0.313 e. The summed E-state index contributed by atoms with van der Waals surface area (Å²) in [6.45, 7) is 4.44. The van der Waals surface area contributed by atoms with Crippen LogP contribution < -0.4 is 5.32 Å². The highest BCUT2D eigenvalue weighted by molar-refractivity contribution is 6.31. The van der Waals surface area contributed by atoms with E-state index in [1.165, 1.54) is 5.56 Å². The summed E-state index contributed by atoms with van der Waals surface area (Å²) in [4.78, 5) is 0. The van der Waals surface area contributed by atoms with Crippen LogP contribution in [0.25, 0.3) is 0 Å². The second-order valence-corrected chi connectivity index (χ2v) is 4.08. The summed E-state index contributed by atoms with van der Waals surface area (Å²) < 4.78 is 0. The maximum Gasteiger partial charge on any atom is 0.0453 e. The Kier molecular flexibility index (Phi) is 4.43. The zero-order valence-electron chi connectivity index (χ0n) is 9.05. The smallest absolute Gasteiger partial charge is 0.0453 e. The Hall–Kier alpha value is -0.530. The summed E-state index contributed by atoms with van der Waals surface area (Å²) >= 11 is 6.16. The molecule has 0 aliphatic heterocycles. The Bertz CT molecular complexity index is 285. The minimum absolute atomic E-state index is 0.355. The normalized spacial score (nSPS) is 15.1. The van der Waals surface area contributed by atoms with Crippen molar-refractivity contribution in [1.82, 2.24) is 5.32 Å². The minimum Gasteiger partial charge on any atom is -0.313 e. The van der Waals surface area contributed by atoms with E-state index >= 15 is 0 Å². The van der Waals surface area contributed by atoms with E-state index in [4.69, 9.17) is 11.6 Å². The van der Waals surface area contributed by atoms with Crippen molar-refractivity contribution in [2.75, 3.05) is 7.05 Å². The minimum atomic E-state index is 0.355. The average Bonchev–Trinajstić information content (AvgIpc) is 2.21. The predicted molar refractivity (Wildman–Crippen MR) is 62.7 cm³/mol. The van der Waals surface area contributed by atoms with Crippen LogP contribution in [0.5, 0.6) is 0 Å². The van der Waals surface area contributed by atoms with E-state index in [9.17, 15) is 0 Å². The van der Waals surface area contributed by atoms with Crippen LogP contribution in [0.2, 0.25) is 5.02 Å². The molecule has 0 aliphatic rings. The fourth-order valence-electron chi connectivity index (χ4n) is 1.71. The lowest BCUT2D eigenvalue weighted by molar-refractivity contribution is 0.400. The van der Waals surface area contributed by atoms with Crippen molar-refractivity contribution in [3.63, 3.8) is 0 Å². The monoisotopic (exact) mass is 211 g/mol. The fraction of sp³-hybridized carbons (Fsp3) is 0.500. The van der Waals surface area contributed by atoms with Crippen molar-refractivity contribution in [2.24, 2.45) is 5.92 Å². The van der Waals surface area contributed by atoms with Gasteiger partial charge >= 0.3 is 0 Å². The molecule has 0 bridgehead atoms. The molecule has 2 atom stereocenters. The topological polar surface area (TPSA) is 12.0 Å². The molecule has 2 heteroatoms. The lowest BCUT2D eigenvalue weighted by Crippen LogP contribution is -2.23. The van der Waals surface area contributed by atoms with Gasteiger partial charge in [-0.1, -0.05) is 50.1 Å². The molecule has 0 saturated carbocycles. The number of hydrogen-bond donors (Lipinski definition) is 1. The fourth-order valence-corrected chi connectivity index (χ4v) is 1.96. The lowest BCUT2D eigenvalue weighted by atomic mass is 9.93. The van der Waals surface area contributed by atoms with Crippen molar-refractivity contribution in [2.45, 2.75) is 26.3 Å². The molecule has 0 aromatic heterocycles. The molecule has 0 spiro atoms. The maximum absolute atomic E-state index is 6.16. The third-order valence-corrected chi connectivity index (χ3v) is 3.11. The molecule has 2 unspecified atom stereocenters. The zero-order chi connectivity index (χ0) is 10.6. The van der Waals surface area contributed by atoms with Crippen LogP contribution >= 0.6 is 11.6 Å². The first-order valence-electron chi connectivity index (χ1n) is 5.12. The Morgan fingerprint density at radius 3 is 2.50 bits per heavy atom. The summed E-state index contributed by atoms with van der Waals surface area (Å²) in [5, 5.41) is 4.18. The molecule has 14 heavy (non-hydrogen) atoms. The van der Waals surface area contributed by atoms with Crippen molar-refractivity contribution in [3.05, 3.63) is 34.9 Å². The number of halogens is 1. The van der Waals surface area contributed by atoms with Gasteiger partial charge in [0.25, 0.3) is 0 Å². The van der Waals surface area contributed by atoms with Gasteiger partial charge in [-0.25, -0.2) is 0 Å². The molecule has 0 heterocycles. The SMILES string of the molecule is CCC(C)C(NC)c1ccccc1Cl. The van der Waals surface area contributed by atoms with Gasteiger partial charge in [0.15, 0.2) is 0 Å². The summed E-state index contributed by atoms with van der Waals surface area (Å²) in [6, 6.07) is 8.40. The average molecular weight is 212 g/mol. The molecule has 1 aromatic carbocycles. The first-order valence-corrected chi connectivity index (χ1v) is 5.50. The number of nitrogens with one attached hydrogen (secondary N) is 1. The molecular weight excluding hydrogens is 194 g/mol. The molecule has 0 radical (unpaired) electrons. The second kappa shape index (κ2) is 5.38. The van der Waals surface area contributed by atoms with Gasteiger partial charge in [-0.05, 0) is 24.6 Å². The van der Waals surface area contributed by atoms with Crippen LogP contribution in [0.4, 0.5) is 0 Å². The highest BCUT2D eigenvalue weighted by atomic mass is 35.5. The van der Waals surface area contributed by atoms with E-state index in [1.54, 1.807) is 0 Å². The van der Waals surface area contributed by atoms with Gasteiger partial charge in [-0.2, -0.15) is 0 Å². The number of benzene rings is 1. The van der Waals surface area contributed by atoms with E-state index in [-0.39, 0.29) is 0 Å².